The molecule has 0 radical (unpaired) electrons. The number of nitrogens with zero attached hydrogens (tertiary/aromatic N) is 1. The van der Waals surface area contributed by atoms with Gasteiger partial charge in [-0.1, -0.05) is 13.8 Å². The Bertz CT molecular complexity index is 1080. The molecule has 3 rings (SSSR count). The zero-order chi connectivity index (χ0) is 23.3. The molecular formula is C22H27N3O6S. The summed E-state index contributed by atoms with van der Waals surface area (Å²) in [6.07, 6.45) is 0.588. The molecule has 1 aliphatic heterocycles. The second-order valence-electron chi connectivity index (χ2n) is 7.82. The molecule has 172 valence electrons. The fourth-order valence-corrected chi connectivity index (χ4v) is 4.53. The Hall–Kier alpha value is -3.11. The van der Waals surface area contributed by atoms with Crippen LogP contribution in [0.4, 0.5) is 5.69 Å². The van der Waals surface area contributed by atoms with Crippen LogP contribution in [0.2, 0.25) is 0 Å². The summed E-state index contributed by atoms with van der Waals surface area (Å²) in [5.41, 5.74) is 5.96. The van der Waals surface area contributed by atoms with E-state index in [2.05, 4.69) is 5.32 Å². The summed E-state index contributed by atoms with van der Waals surface area (Å²) in [4.78, 5) is 23.9. The number of carbonyl (C=O) groups excluding carboxylic acids is 2. The first-order chi connectivity index (χ1) is 15.2. The number of hydrogen-bond acceptors (Lipinski definition) is 6. The van der Waals surface area contributed by atoms with Gasteiger partial charge in [-0.25, -0.2) is 8.42 Å². The molecule has 0 aromatic heterocycles. The summed E-state index contributed by atoms with van der Waals surface area (Å²) in [5.74, 6) is 0.0218. The predicted octanol–water partition coefficient (Wildman–Crippen LogP) is 2.23. The largest absolute Gasteiger partial charge is 0.486 e. The Kier molecular flexibility index (Phi) is 7.37. The molecule has 10 heteroatoms. The van der Waals surface area contributed by atoms with E-state index in [4.69, 9.17) is 15.2 Å². The molecule has 0 atom stereocenters. The third kappa shape index (κ3) is 5.77. The number of hydrogen-bond donors (Lipinski definition) is 2. The Balaban J connectivity index is 1.78. The average Bonchev–Trinajstić information content (AvgIpc) is 2.76. The maximum absolute atomic E-state index is 13.3. The molecule has 0 bridgehead atoms. The standard InChI is InChI=1S/C22H27N3O6S/c1-15(2)9-10-25(14-21(26)24-17-5-3-16(4-6-17)22(23)27)32(28,29)18-7-8-19-20(13-18)31-12-11-30-19/h3-8,13,15H,9-12,14H2,1-2H3,(H2,23,27)(H,24,26). The molecule has 2 aromatic carbocycles. The summed E-state index contributed by atoms with van der Waals surface area (Å²) < 4.78 is 38.8. The topological polar surface area (TPSA) is 128 Å². The van der Waals surface area contributed by atoms with Gasteiger partial charge in [0.1, 0.15) is 13.2 Å². The summed E-state index contributed by atoms with van der Waals surface area (Å²) in [7, 11) is -3.96. The first kappa shape index (κ1) is 23.6. The van der Waals surface area contributed by atoms with Gasteiger partial charge >= 0.3 is 0 Å². The minimum Gasteiger partial charge on any atom is -0.486 e. The van der Waals surface area contributed by atoms with Gasteiger partial charge in [-0.05, 0) is 48.7 Å². The number of amides is 2. The minimum absolute atomic E-state index is 0.0316. The van der Waals surface area contributed by atoms with Crippen molar-refractivity contribution < 1.29 is 27.5 Å². The maximum Gasteiger partial charge on any atom is 0.248 e. The fourth-order valence-electron chi connectivity index (χ4n) is 3.10. The molecule has 2 aromatic rings. The van der Waals surface area contributed by atoms with E-state index in [9.17, 15) is 18.0 Å². The van der Waals surface area contributed by atoms with Gasteiger partial charge in [-0.2, -0.15) is 4.31 Å². The number of sulfonamides is 1. The Morgan fingerprint density at radius 3 is 2.34 bits per heavy atom. The summed E-state index contributed by atoms with van der Waals surface area (Å²) in [6, 6.07) is 10.5. The third-order valence-corrected chi connectivity index (χ3v) is 6.72. The van der Waals surface area contributed by atoms with Crippen LogP contribution < -0.4 is 20.5 Å². The molecule has 0 saturated heterocycles. The number of anilines is 1. The molecule has 2 amide bonds. The zero-order valence-electron chi connectivity index (χ0n) is 18.0. The second-order valence-corrected chi connectivity index (χ2v) is 9.75. The van der Waals surface area contributed by atoms with E-state index < -0.39 is 21.8 Å². The summed E-state index contributed by atoms with van der Waals surface area (Å²) >= 11 is 0. The molecule has 1 aliphatic rings. The van der Waals surface area contributed by atoms with Gasteiger partial charge in [0.15, 0.2) is 11.5 Å². The lowest BCUT2D eigenvalue weighted by molar-refractivity contribution is -0.116. The minimum atomic E-state index is -3.96. The van der Waals surface area contributed by atoms with Crippen LogP contribution in [0, 0.1) is 5.92 Å². The van der Waals surface area contributed by atoms with Gasteiger partial charge in [-0.3, -0.25) is 9.59 Å². The van der Waals surface area contributed by atoms with Crippen molar-refractivity contribution in [1.82, 2.24) is 4.31 Å². The molecular weight excluding hydrogens is 434 g/mol. The van der Waals surface area contributed by atoms with Crippen molar-refractivity contribution in [2.24, 2.45) is 11.7 Å². The SMILES string of the molecule is CC(C)CCN(CC(=O)Nc1ccc(C(N)=O)cc1)S(=O)(=O)c1ccc2c(c1)OCCO2. The van der Waals surface area contributed by atoms with Gasteiger partial charge in [0, 0.05) is 23.9 Å². The molecule has 0 unspecified atom stereocenters. The first-order valence-electron chi connectivity index (χ1n) is 10.3. The Morgan fingerprint density at radius 1 is 1.06 bits per heavy atom. The number of benzene rings is 2. The third-order valence-electron chi connectivity index (χ3n) is 4.88. The van der Waals surface area contributed by atoms with Gasteiger partial charge in [0.05, 0.1) is 11.4 Å². The number of fused-ring (bicyclic) bond motifs is 1. The second kappa shape index (κ2) is 10.0. The molecule has 3 N–H and O–H groups in total. The van der Waals surface area contributed by atoms with Gasteiger partial charge in [-0.15, -0.1) is 0 Å². The summed E-state index contributed by atoms with van der Waals surface area (Å²) in [6.45, 7) is 4.53. The lowest BCUT2D eigenvalue weighted by atomic mass is 10.1. The zero-order valence-corrected chi connectivity index (χ0v) is 18.9. The monoisotopic (exact) mass is 461 g/mol. The van der Waals surface area contributed by atoms with E-state index in [-0.39, 0.29) is 23.9 Å². The van der Waals surface area contributed by atoms with Crippen molar-refractivity contribution in [2.45, 2.75) is 25.2 Å². The lowest BCUT2D eigenvalue weighted by Crippen LogP contribution is -2.39. The predicted molar refractivity (Wildman–Crippen MR) is 119 cm³/mol. The van der Waals surface area contributed by atoms with Crippen molar-refractivity contribution in [3.63, 3.8) is 0 Å². The number of nitrogens with one attached hydrogen (secondary N) is 1. The molecule has 0 aliphatic carbocycles. The van der Waals surface area contributed by atoms with Crippen LogP contribution in [0.3, 0.4) is 0 Å². The highest BCUT2D eigenvalue weighted by atomic mass is 32.2. The Morgan fingerprint density at radius 2 is 1.72 bits per heavy atom. The maximum atomic E-state index is 13.3. The van der Waals surface area contributed by atoms with Gasteiger partial charge in [0.2, 0.25) is 21.8 Å². The van der Waals surface area contributed by atoms with Crippen LogP contribution in [0.15, 0.2) is 47.4 Å². The van der Waals surface area contributed by atoms with Crippen LogP contribution in [0.5, 0.6) is 11.5 Å². The van der Waals surface area contributed by atoms with Crippen LogP contribution in [0.1, 0.15) is 30.6 Å². The molecule has 0 saturated carbocycles. The van der Waals surface area contributed by atoms with E-state index in [1.807, 2.05) is 13.8 Å². The number of ether oxygens (including phenoxy) is 2. The molecule has 0 spiro atoms. The highest BCUT2D eigenvalue weighted by molar-refractivity contribution is 7.89. The fraction of sp³-hybridized carbons (Fsp3) is 0.364. The van der Waals surface area contributed by atoms with Crippen molar-refractivity contribution in [2.75, 3.05) is 31.6 Å². The number of nitrogens with two attached hydrogens (primary N) is 1. The van der Waals surface area contributed by atoms with E-state index in [0.29, 0.717) is 42.4 Å². The van der Waals surface area contributed by atoms with Gasteiger partial charge < -0.3 is 20.5 Å². The van der Waals surface area contributed by atoms with Crippen molar-refractivity contribution >= 4 is 27.5 Å². The Labute approximate surface area is 187 Å². The normalized spacial score (nSPS) is 13.2. The molecule has 0 fully saturated rings. The van der Waals surface area contributed by atoms with E-state index in [0.717, 1.165) is 4.31 Å². The van der Waals surface area contributed by atoms with E-state index >= 15 is 0 Å². The van der Waals surface area contributed by atoms with Crippen molar-refractivity contribution in [3.05, 3.63) is 48.0 Å². The van der Waals surface area contributed by atoms with Crippen molar-refractivity contribution in [1.29, 1.82) is 0 Å². The first-order valence-corrected chi connectivity index (χ1v) is 11.7. The van der Waals surface area contributed by atoms with Crippen molar-refractivity contribution in [3.8, 4) is 11.5 Å². The number of primary amides is 1. The van der Waals surface area contributed by atoms with Crippen LogP contribution in [-0.4, -0.2) is 50.8 Å². The van der Waals surface area contributed by atoms with Gasteiger partial charge in [0.25, 0.3) is 0 Å². The highest BCUT2D eigenvalue weighted by Crippen LogP contribution is 2.33. The molecule has 9 nitrogen and oxygen atoms in total. The lowest BCUT2D eigenvalue weighted by Gasteiger charge is -2.24. The van der Waals surface area contributed by atoms with E-state index in [1.165, 1.54) is 36.4 Å². The summed E-state index contributed by atoms with van der Waals surface area (Å²) in [5, 5.41) is 2.66. The van der Waals surface area contributed by atoms with E-state index in [1.54, 1.807) is 6.07 Å². The highest BCUT2D eigenvalue weighted by Gasteiger charge is 2.28. The molecule has 32 heavy (non-hydrogen) atoms. The number of carbonyl (C=O) groups is 2. The smallest absolute Gasteiger partial charge is 0.248 e. The quantitative estimate of drug-likeness (QED) is 0.589. The van der Waals surface area contributed by atoms with Crippen LogP contribution in [-0.2, 0) is 14.8 Å². The van der Waals surface area contributed by atoms with Crippen LogP contribution in [0.25, 0.3) is 0 Å². The van der Waals surface area contributed by atoms with Crippen LogP contribution >= 0.6 is 0 Å². The number of rotatable bonds is 9. The molecule has 1 heterocycles. The average molecular weight is 462 g/mol.